The molecule has 1 amide bonds. The van der Waals surface area contributed by atoms with E-state index in [1.54, 1.807) is 4.68 Å². The van der Waals surface area contributed by atoms with Crippen molar-refractivity contribution in [3.63, 3.8) is 0 Å². The number of hydrazine groups is 1. The molecule has 0 saturated heterocycles. The van der Waals surface area contributed by atoms with Crippen molar-refractivity contribution in [2.24, 2.45) is 0 Å². The summed E-state index contributed by atoms with van der Waals surface area (Å²) in [6.45, 7) is 4.35. The summed E-state index contributed by atoms with van der Waals surface area (Å²) < 4.78 is 1.73. The Morgan fingerprint density at radius 1 is 1.12 bits per heavy atom. The summed E-state index contributed by atoms with van der Waals surface area (Å²) in [4.78, 5) is 15.4. The molecular formula is C19H18N6O. The minimum atomic E-state index is -0.139. The highest BCUT2D eigenvalue weighted by atomic mass is 16.2. The number of H-pyrrole nitrogens is 1. The summed E-state index contributed by atoms with van der Waals surface area (Å²) in [5.41, 5.74) is 9.86. The molecule has 4 rings (SSSR count). The summed E-state index contributed by atoms with van der Waals surface area (Å²) in [7, 11) is 0. The summed E-state index contributed by atoms with van der Waals surface area (Å²) >= 11 is 0. The number of aromatic amines is 1. The Morgan fingerprint density at radius 2 is 1.92 bits per heavy atom. The van der Waals surface area contributed by atoms with Gasteiger partial charge in [0, 0.05) is 22.8 Å². The fourth-order valence-electron chi connectivity index (χ4n) is 2.91. The van der Waals surface area contributed by atoms with Crippen LogP contribution in [0, 0.1) is 0 Å². The molecule has 130 valence electrons. The van der Waals surface area contributed by atoms with Crippen LogP contribution in [0.2, 0.25) is 0 Å². The van der Waals surface area contributed by atoms with Gasteiger partial charge < -0.3 is 10.4 Å². The number of carbonyl (C=O) groups is 1. The number of benzene rings is 2. The number of rotatable bonds is 6. The Morgan fingerprint density at radius 3 is 2.85 bits per heavy atom. The predicted octanol–water partition coefficient (Wildman–Crippen LogP) is 2.29. The maximum absolute atomic E-state index is 12.2. The number of aromatic nitrogens is 4. The van der Waals surface area contributed by atoms with Crippen molar-refractivity contribution in [2.45, 2.75) is 13.0 Å². The lowest BCUT2D eigenvalue weighted by atomic mass is 10.1. The Hall–Kier alpha value is -3.61. The SMILES string of the molecule is C=C(Cn1nnc2ccccc21)NNC(=O)Cc1c[nH]c2ccccc12. The number of para-hydroxylation sites is 2. The van der Waals surface area contributed by atoms with Gasteiger partial charge in [0.15, 0.2) is 0 Å². The summed E-state index contributed by atoms with van der Waals surface area (Å²) in [6.07, 6.45) is 2.14. The summed E-state index contributed by atoms with van der Waals surface area (Å²) in [5.74, 6) is -0.139. The van der Waals surface area contributed by atoms with E-state index in [2.05, 4.69) is 32.7 Å². The number of hydrogen-bond donors (Lipinski definition) is 3. The third kappa shape index (κ3) is 3.14. The zero-order chi connectivity index (χ0) is 17.9. The second-order valence-corrected chi connectivity index (χ2v) is 6.05. The molecule has 7 nitrogen and oxygen atoms in total. The predicted molar refractivity (Wildman–Crippen MR) is 99.9 cm³/mol. The van der Waals surface area contributed by atoms with Crippen molar-refractivity contribution in [3.8, 4) is 0 Å². The Bertz CT molecular complexity index is 1010. The van der Waals surface area contributed by atoms with Crippen LogP contribution in [0.5, 0.6) is 0 Å². The van der Waals surface area contributed by atoms with Crippen molar-refractivity contribution < 1.29 is 4.79 Å². The van der Waals surface area contributed by atoms with E-state index in [1.807, 2.05) is 54.7 Å². The van der Waals surface area contributed by atoms with Crippen molar-refractivity contribution >= 4 is 27.8 Å². The first kappa shape index (κ1) is 15.9. The van der Waals surface area contributed by atoms with Crippen LogP contribution in [0.25, 0.3) is 21.9 Å². The normalized spacial score (nSPS) is 10.9. The maximum atomic E-state index is 12.2. The van der Waals surface area contributed by atoms with Crippen LogP contribution in [0.4, 0.5) is 0 Å². The zero-order valence-corrected chi connectivity index (χ0v) is 14.1. The van der Waals surface area contributed by atoms with E-state index in [0.717, 1.165) is 27.5 Å². The molecule has 2 aromatic carbocycles. The van der Waals surface area contributed by atoms with E-state index in [0.29, 0.717) is 12.2 Å². The molecule has 0 aliphatic carbocycles. The highest BCUT2D eigenvalue weighted by molar-refractivity contribution is 5.88. The molecule has 0 atom stereocenters. The van der Waals surface area contributed by atoms with Crippen LogP contribution in [-0.4, -0.2) is 25.9 Å². The largest absolute Gasteiger partial charge is 0.361 e. The number of fused-ring (bicyclic) bond motifs is 2. The molecule has 7 heteroatoms. The molecule has 0 fully saturated rings. The fraction of sp³-hybridized carbons (Fsp3) is 0.105. The van der Waals surface area contributed by atoms with E-state index in [9.17, 15) is 4.79 Å². The van der Waals surface area contributed by atoms with E-state index >= 15 is 0 Å². The van der Waals surface area contributed by atoms with Gasteiger partial charge in [-0.2, -0.15) is 0 Å². The van der Waals surface area contributed by atoms with E-state index in [-0.39, 0.29) is 12.3 Å². The standard InChI is InChI=1S/C19H18N6O/c1-13(12-25-18-9-5-4-8-17(18)22-24-25)21-23-19(26)10-14-11-20-16-7-3-2-6-15(14)16/h2-9,11,20-21H,1,10,12H2,(H,23,26). The molecule has 3 N–H and O–H groups in total. The van der Waals surface area contributed by atoms with Crippen molar-refractivity contribution in [1.29, 1.82) is 0 Å². The quantitative estimate of drug-likeness (QED) is 0.468. The van der Waals surface area contributed by atoms with Crippen LogP contribution in [0.3, 0.4) is 0 Å². The molecule has 2 heterocycles. The molecule has 2 aromatic heterocycles. The number of allylic oxidation sites excluding steroid dienone is 1. The van der Waals surface area contributed by atoms with Gasteiger partial charge in [0.05, 0.1) is 18.5 Å². The van der Waals surface area contributed by atoms with Crippen molar-refractivity contribution in [2.75, 3.05) is 0 Å². The molecule has 0 spiro atoms. The fourth-order valence-corrected chi connectivity index (χ4v) is 2.91. The topological polar surface area (TPSA) is 87.6 Å². The molecule has 0 unspecified atom stereocenters. The third-order valence-corrected chi connectivity index (χ3v) is 4.17. The Labute approximate surface area is 149 Å². The van der Waals surface area contributed by atoms with E-state index in [1.165, 1.54) is 0 Å². The highest BCUT2D eigenvalue weighted by Gasteiger charge is 2.09. The molecule has 0 bridgehead atoms. The monoisotopic (exact) mass is 346 g/mol. The first-order valence-corrected chi connectivity index (χ1v) is 8.26. The van der Waals surface area contributed by atoms with Gasteiger partial charge in [0.1, 0.15) is 5.52 Å². The summed E-state index contributed by atoms with van der Waals surface area (Å²) in [6, 6.07) is 15.6. The van der Waals surface area contributed by atoms with E-state index < -0.39 is 0 Å². The number of nitrogens with zero attached hydrogens (tertiary/aromatic N) is 3. The van der Waals surface area contributed by atoms with Crippen molar-refractivity contribution in [3.05, 3.63) is 72.6 Å². The Balaban J connectivity index is 1.34. The van der Waals surface area contributed by atoms with Gasteiger partial charge in [-0.25, -0.2) is 4.68 Å². The van der Waals surface area contributed by atoms with Crippen LogP contribution >= 0.6 is 0 Å². The average molecular weight is 346 g/mol. The summed E-state index contributed by atoms with van der Waals surface area (Å²) in [5, 5.41) is 9.26. The van der Waals surface area contributed by atoms with E-state index in [4.69, 9.17) is 0 Å². The molecule has 0 aliphatic rings. The van der Waals surface area contributed by atoms with Gasteiger partial charge in [-0.3, -0.25) is 10.2 Å². The average Bonchev–Trinajstić information content (AvgIpc) is 3.25. The van der Waals surface area contributed by atoms with Gasteiger partial charge in [-0.15, -0.1) is 5.10 Å². The van der Waals surface area contributed by atoms with Crippen LogP contribution < -0.4 is 10.9 Å². The molecule has 0 radical (unpaired) electrons. The second-order valence-electron chi connectivity index (χ2n) is 6.05. The molecule has 0 saturated carbocycles. The second kappa shape index (κ2) is 6.72. The van der Waals surface area contributed by atoms with Crippen LogP contribution in [-0.2, 0) is 17.8 Å². The first-order valence-electron chi connectivity index (χ1n) is 8.26. The Kier molecular flexibility index (Phi) is 4.10. The number of carbonyl (C=O) groups excluding carboxylic acids is 1. The molecule has 0 aliphatic heterocycles. The minimum Gasteiger partial charge on any atom is -0.361 e. The van der Waals surface area contributed by atoms with Crippen LogP contribution in [0.15, 0.2) is 67.0 Å². The zero-order valence-electron chi connectivity index (χ0n) is 14.1. The lowest BCUT2D eigenvalue weighted by Crippen LogP contribution is -2.38. The number of nitrogens with one attached hydrogen (secondary N) is 3. The number of hydrogen-bond acceptors (Lipinski definition) is 4. The molecule has 4 aromatic rings. The van der Waals surface area contributed by atoms with Gasteiger partial charge in [0.25, 0.3) is 0 Å². The smallest absolute Gasteiger partial charge is 0.242 e. The molecular weight excluding hydrogens is 328 g/mol. The maximum Gasteiger partial charge on any atom is 0.242 e. The number of amides is 1. The van der Waals surface area contributed by atoms with Gasteiger partial charge in [0.2, 0.25) is 5.91 Å². The van der Waals surface area contributed by atoms with Crippen molar-refractivity contribution in [1.82, 2.24) is 30.8 Å². The lowest BCUT2D eigenvalue weighted by Gasteiger charge is -2.11. The highest BCUT2D eigenvalue weighted by Crippen LogP contribution is 2.17. The van der Waals surface area contributed by atoms with Gasteiger partial charge in [-0.1, -0.05) is 42.1 Å². The van der Waals surface area contributed by atoms with Crippen LogP contribution in [0.1, 0.15) is 5.56 Å². The third-order valence-electron chi connectivity index (χ3n) is 4.17. The minimum absolute atomic E-state index is 0.139. The van der Waals surface area contributed by atoms with Gasteiger partial charge in [-0.05, 0) is 23.8 Å². The first-order chi connectivity index (χ1) is 12.7. The molecule has 26 heavy (non-hydrogen) atoms. The van der Waals surface area contributed by atoms with Gasteiger partial charge >= 0.3 is 0 Å². The lowest BCUT2D eigenvalue weighted by molar-refractivity contribution is -0.121.